The Morgan fingerprint density at radius 3 is 2.87 bits per heavy atom. The lowest BCUT2D eigenvalue weighted by Crippen LogP contribution is -2.09. The molecular formula is C13H11N5O3S2. The van der Waals surface area contributed by atoms with E-state index in [9.17, 15) is 13.5 Å². The molecule has 1 aromatic carbocycles. The molecule has 0 saturated heterocycles. The van der Waals surface area contributed by atoms with Crippen LogP contribution in [0.3, 0.4) is 0 Å². The Kier molecular flexibility index (Phi) is 3.92. The van der Waals surface area contributed by atoms with E-state index < -0.39 is 10.0 Å². The molecule has 10 heteroatoms. The van der Waals surface area contributed by atoms with Crippen LogP contribution in [0.1, 0.15) is 0 Å². The molecule has 0 bridgehead atoms. The molecule has 23 heavy (non-hydrogen) atoms. The maximum absolute atomic E-state index is 11.3. The Morgan fingerprint density at radius 1 is 1.26 bits per heavy atom. The second-order valence-electron chi connectivity index (χ2n) is 4.64. The molecule has 2 aromatic heterocycles. The summed E-state index contributed by atoms with van der Waals surface area (Å²) in [7, 11) is -3.50. The van der Waals surface area contributed by atoms with Gasteiger partial charge in [0, 0.05) is 6.20 Å². The molecule has 0 saturated carbocycles. The summed E-state index contributed by atoms with van der Waals surface area (Å²) < 4.78 is 28.9. The molecule has 3 aromatic rings. The monoisotopic (exact) mass is 349 g/mol. The van der Waals surface area contributed by atoms with Crippen LogP contribution < -0.4 is 4.72 Å². The van der Waals surface area contributed by atoms with Crippen molar-refractivity contribution in [1.29, 1.82) is 0 Å². The van der Waals surface area contributed by atoms with Crippen molar-refractivity contribution < 1.29 is 13.5 Å². The molecule has 0 fully saturated rings. The molecule has 0 radical (unpaired) electrons. The maximum Gasteiger partial charge on any atom is 0.229 e. The summed E-state index contributed by atoms with van der Waals surface area (Å²) >= 11 is 1.17. The largest absolute Gasteiger partial charge is 0.506 e. The number of nitrogens with one attached hydrogen (secondary N) is 1. The lowest BCUT2D eigenvalue weighted by atomic mass is 10.3. The average molecular weight is 349 g/mol. The number of phenolic OH excluding ortho intramolecular Hbond substituents is 1. The van der Waals surface area contributed by atoms with Crippen molar-refractivity contribution in [3.8, 4) is 5.75 Å². The van der Waals surface area contributed by atoms with Gasteiger partial charge in [0.25, 0.3) is 0 Å². The van der Waals surface area contributed by atoms with Gasteiger partial charge in [-0.1, -0.05) is 0 Å². The first-order valence-electron chi connectivity index (χ1n) is 6.35. The second-order valence-corrected chi connectivity index (χ2v) is 7.14. The number of aromatic nitrogens is 2. The van der Waals surface area contributed by atoms with Crippen LogP contribution in [-0.4, -0.2) is 29.1 Å². The minimum atomic E-state index is -3.50. The van der Waals surface area contributed by atoms with Crippen LogP contribution in [-0.2, 0) is 10.0 Å². The topological polar surface area (TPSA) is 117 Å². The molecule has 0 aliphatic heterocycles. The van der Waals surface area contributed by atoms with E-state index in [1.165, 1.54) is 29.7 Å². The first-order valence-corrected chi connectivity index (χ1v) is 9.02. The highest BCUT2D eigenvalue weighted by atomic mass is 32.2. The Balaban J connectivity index is 1.92. The predicted octanol–water partition coefficient (Wildman–Crippen LogP) is 3.18. The molecule has 2 N–H and O–H groups in total. The van der Waals surface area contributed by atoms with Crippen LogP contribution >= 0.6 is 11.5 Å². The summed E-state index contributed by atoms with van der Waals surface area (Å²) in [5, 5.41) is 19.2. The van der Waals surface area contributed by atoms with Gasteiger partial charge < -0.3 is 5.11 Å². The fourth-order valence-electron chi connectivity index (χ4n) is 1.82. The van der Waals surface area contributed by atoms with Crippen LogP contribution in [0.5, 0.6) is 5.75 Å². The number of anilines is 1. The number of azo groups is 1. The van der Waals surface area contributed by atoms with E-state index in [0.29, 0.717) is 16.3 Å². The van der Waals surface area contributed by atoms with E-state index >= 15 is 0 Å². The van der Waals surface area contributed by atoms with Crippen LogP contribution in [0.4, 0.5) is 16.4 Å². The maximum atomic E-state index is 11.3. The zero-order chi connectivity index (χ0) is 16.4. The highest BCUT2D eigenvalue weighted by molar-refractivity contribution is 7.92. The predicted molar refractivity (Wildman–Crippen MR) is 88.2 cm³/mol. The molecule has 0 aliphatic carbocycles. The van der Waals surface area contributed by atoms with Crippen molar-refractivity contribution in [1.82, 2.24) is 9.36 Å². The molecule has 0 unspecified atom stereocenters. The molecule has 3 rings (SSSR count). The molecule has 8 nitrogen and oxygen atoms in total. The number of pyridine rings is 1. The van der Waals surface area contributed by atoms with Gasteiger partial charge in [0.15, 0.2) is 10.6 Å². The zero-order valence-electron chi connectivity index (χ0n) is 11.8. The van der Waals surface area contributed by atoms with Crippen molar-refractivity contribution >= 4 is 49.0 Å². The van der Waals surface area contributed by atoms with E-state index in [1.807, 2.05) is 6.07 Å². The molecule has 0 atom stereocenters. The smallest absolute Gasteiger partial charge is 0.229 e. The lowest BCUT2D eigenvalue weighted by Gasteiger charge is -2.06. The summed E-state index contributed by atoms with van der Waals surface area (Å²) in [6.07, 6.45) is 2.64. The fraction of sp³-hybridized carbons (Fsp3) is 0.0769. The molecule has 0 amide bonds. The molecule has 118 valence electrons. The van der Waals surface area contributed by atoms with E-state index in [1.54, 1.807) is 12.3 Å². The van der Waals surface area contributed by atoms with Crippen LogP contribution in [0.2, 0.25) is 0 Å². The van der Waals surface area contributed by atoms with Crippen LogP contribution in [0.15, 0.2) is 46.8 Å². The minimum absolute atomic E-state index is 0.0415. The number of rotatable bonds is 4. The van der Waals surface area contributed by atoms with E-state index in [2.05, 4.69) is 24.3 Å². The highest BCUT2D eigenvalue weighted by Crippen LogP contribution is 2.33. The standard InChI is InChI=1S/C13H11N5O3S2/c1-23(20,21)18-10-7-8(4-5-11(10)19)15-16-13-9-3-2-6-14-12(9)17-22-13/h2-7,18-19H,1H3. The van der Waals surface area contributed by atoms with Crippen LogP contribution in [0.25, 0.3) is 11.0 Å². The highest BCUT2D eigenvalue weighted by Gasteiger charge is 2.09. The number of nitrogens with zero attached hydrogens (tertiary/aromatic N) is 4. The number of sulfonamides is 1. The fourth-order valence-corrected chi connectivity index (χ4v) is 3.03. The molecule has 0 spiro atoms. The number of hydrogen-bond acceptors (Lipinski definition) is 8. The Bertz CT molecular complexity index is 998. The van der Waals surface area contributed by atoms with Gasteiger partial charge in [-0.15, -0.1) is 10.2 Å². The molecule has 2 heterocycles. The van der Waals surface area contributed by atoms with Crippen molar-refractivity contribution in [3.63, 3.8) is 0 Å². The summed E-state index contributed by atoms with van der Waals surface area (Å²) in [4.78, 5) is 4.11. The van der Waals surface area contributed by atoms with Crippen molar-refractivity contribution in [2.75, 3.05) is 11.0 Å². The number of aromatic hydroxyl groups is 1. The second kappa shape index (κ2) is 5.89. The SMILES string of the molecule is CS(=O)(=O)Nc1cc(N=Nc2snc3ncccc23)ccc1O. The Hall–Kier alpha value is -2.59. The lowest BCUT2D eigenvalue weighted by molar-refractivity contribution is 0.477. The quantitative estimate of drug-likeness (QED) is 0.554. The van der Waals surface area contributed by atoms with Gasteiger partial charge >= 0.3 is 0 Å². The first kappa shape index (κ1) is 15.3. The van der Waals surface area contributed by atoms with Crippen molar-refractivity contribution in [2.24, 2.45) is 10.2 Å². The third kappa shape index (κ3) is 3.60. The van der Waals surface area contributed by atoms with Gasteiger partial charge in [-0.05, 0) is 41.9 Å². The summed E-state index contributed by atoms with van der Waals surface area (Å²) in [6, 6.07) is 7.88. The number of fused-ring (bicyclic) bond motifs is 1. The Morgan fingerprint density at radius 2 is 2.09 bits per heavy atom. The van der Waals surface area contributed by atoms with Gasteiger partial charge in [-0.2, -0.15) is 4.37 Å². The number of phenols is 1. The summed E-state index contributed by atoms with van der Waals surface area (Å²) in [6.45, 7) is 0. The van der Waals surface area contributed by atoms with Gasteiger partial charge in [0.05, 0.1) is 23.0 Å². The van der Waals surface area contributed by atoms with E-state index in [-0.39, 0.29) is 11.4 Å². The van der Waals surface area contributed by atoms with Gasteiger partial charge in [0.2, 0.25) is 10.0 Å². The normalized spacial score (nSPS) is 12.0. The minimum Gasteiger partial charge on any atom is -0.506 e. The Labute approximate surface area is 135 Å². The number of hydrogen-bond donors (Lipinski definition) is 2. The van der Waals surface area contributed by atoms with Gasteiger partial charge in [-0.25, -0.2) is 13.4 Å². The van der Waals surface area contributed by atoms with Gasteiger partial charge in [-0.3, -0.25) is 4.72 Å². The molecule has 0 aliphatic rings. The van der Waals surface area contributed by atoms with E-state index in [0.717, 1.165) is 11.6 Å². The van der Waals surface area contributed by atoms with Crippen molar-refractivity contribution in [2.45, 2.75) is 0 Å². The first-order chi connectivity index (χ1) is 10.9. The average Bonchev–Trinajstić information content (AvgIpc) is 2.90. The number of benzene rings is 1. The third-order valence-corrected chi connectivity index (χ3v) is 4.10. The third-order valence-electron chi connectivity index (χ3n) is 2.77. The van der Waals surface area contributed by atoms with Crippen molar-refractivity contribution in [3.05, 3.63) is 36.5 Å². The zero-order valence-corrected chi connectivity index (χ0v) is 13.5. The molecular weight excluding hydrogens is 338 g/mol. The van der Waals surface area contributed by atoms with Crippen LogP contribution in [0, 0.1) is 0 Å². The van der Waals surface area contributed by atoms with E-state index in [4.69, 9.17) is 0 Å². The summed E-state index contributed by atoms with van der Waals surface area (Å²) in [5.74, 6) is -0.193. The van der Waals surface area contributed by atoms with Gasteiger partial charge in [0.1, 0.15) is 5.75 Å². The summed E-state index contributed by atoms with van der Waals surface area (Å²) in [5.41, 5.74) is 1.02.